The molecule has 1 aromatic rings. The van der Waals surface area contributed by atoms with Gasteiger partial charge >= 0.3 is 5.97 Å². The number of furan rings is 1. The average molecular weight is 267 g/mol. The zero-order valence-electron chi connectivity index (χ0n) is 11.7. The predicted octanol–water partition coefficient (Wildman–Crippen LogP) is 2.03. The Morgan fingerprint density at radius 2 is 2.26 bits per heavy atom. The molecule has 1 aliphatic carbocycles. The van der Waals surface area contributed by atoms with Crippen LogP contribution in [0, 0.1) is 6.92 Å². The maximum atomic E-state index is 11.5. The third-order valence-electron chi connectivity index (χ3n) is 3.67. The molecule has 19 heavy (non-hydrogen) atoms. The Hall–Kier alpha value is -1.33. The van der Waals surface area contributed by atoms with Crippen molar-refractivity contribution in [3.05, 3.63) is 23.2 Å². The summed E-state index contributed by atoms with van der Waals surface area (Å²) in [7, 11) is 3.12. The summed E-state index contributed by atoms with van der Waals surface area (Å²) in [6, 6.07) is 2.10. The van der Waals surface area contributed by atoms with Gasteiger partial charge in [-0.3, -0.25) is 0 Å². The van der Waals surface area contributed by atoms with Crippen LogP contribution in [-0.4, -0.2) is 32.3 Å². The molecule has 1 aromatic heterocycles. The second-order valence-electron chi connectivity index (χ2n) is 4.87. The fraction of sp³-hybridized carbons (Fsp3) is 0.643. The number of hydrogen-bond acceptors (Lipinski definition) is 5. The second kappa shape index (κ2) is 6.21. The monoisotopic (exact) mass is 267 g/mol. The lowest BCUT2D eigenvalue weighted by molar-refractivity contribution is 0.0599. The molecular weight excluding hydrogens is 246 g/mol. The van der Waals surface area contributed by atoms with Gasteiger partial charge in [0, 0.05) is 13.2 Å². The van der Waals surface area contributed by atoms with Gasteiger partial charge in [-0.2, -0.15) is 0 Å². The molecule has 1 aliphatic rings. The highest BCUT2D eigenvalue weighted by Crippen LogP contribution is 2.22. The van der Waals surface area contributed by atoms with E-state index in [2.05, 4.69) is 5.32 Å². The SMILES string of the molecule is COC(=O)c1cc(CNC2CCCC2OC)oc1C. The van der Waals surface area contributed by atoms with Crippen molar-refractivity contribution in [1.29, 1.82) is 0 Å². The van der Waals surface area contributed by atoms with Crippen LogP contribution in [0.2, 0.25) is 0 Å². The van der Waals surface area contributed by atoms with E-state index in [0.717, 1.165) is 18.6 Å². The van der Waals surface area contributed by atoms with Gasteiger partial charge in [-0.05, 0) is 32.3 Å². The lowest BCUT2D eigenvalue weighted by Crippen LogP contribution is -2.36. The van der Waals surface area contributed by atoms with Crippen molar-refractivity contribution >= 4 is 5.97 Å². The Morgan fingerprint density at radius 3 is 2.95 bits per heavy atom. The van der Waals surface area contributed by atoms with E-state index >= 15 is 0 Å². The van der Waals surface area contributed by atoms with Crippen molar-refractivity contribution in [2.75, 3.05) is 14.2 Å². The Balaban J connectivity index is 1.95. The number of aryl methyl sites for hydroxylation is 1. The third-order valence-corrected chi connectivity index (χ3v) is 3.67. The highest BCUT2D eigenvalue weighted by atomic mass is 16.5. The van der Waals surface area contributed by atoms with E-state index in [-0.39, 0.29) is 12.1 Å². The van der Waals surface area contributed by atoms with Crippen LogP contribution >= 0.6 is 0 Å². The standard InChI is InChI=1S/C14H21NO4/c1-9-11(14(16)18-3)7-10(19-9)8-15-12-5-4-6-13(12)17-2/h7,12-13,15H,4-6,8H2,1-3H3. The van der Waals surface area contributed by atoms with Crippen LogP contribution in [0.5, 0.6) is 0 Å². The number of esters is 1. The Kier molecular flexibility index (Phi) is 4.61. The first kappa shape index (κ1) is 14.1. The van der Waals surface area contributed by atoms with E-state index in [0.29, 0.717) is 23.9 Å². The summed E-state index contributed by atoms with van der Waals surface area (Å²) in [6.07, 6.45) is 3.66. The van der Waals surface area contributed by atoms with Gasteiger partial charge in [-0.25, -0.2) is 4.79 Å². The van der Waals surface area contributed by atoms with E-state index in [1.807, 2.05) is 0 Å². The van der Waals surface area contributed by atoms with E-state index in [1.165, 1.54) is 13.5 Å². The molecular formula is C14H21NO4. The predicted molar refractivity (Wildman–Crippen MR) is 70.1 cm³/mol. The highest BCUT2D eigenvalue weighted by Gasteiger charge is 2.27. The topological polar surface area (TPSA) is 60.7 Å². The molecule has 5 heteroatoms. The van der Waals surface area contributed by atoms with Crippen LogP contribution in [0.1, 0.15) is 41.1 Å². The number of methoxy groups -OCH3 is 2. The van der Waals surface area contributed by atoms with Gasteiger partial charge in [-0.15, -0.1) is 0 Å². The number of carbonyl (C=O) groups is 1. The zero-order chi connectivity index (χ0) is 13.8. The maximum absolute atomic E-state index is 11.5. The van der Waals surface area contributed by atoms with Crippen molar-refractivity contribution in [3.63, 3.8) is 0 Å². The molecule has 0 saturated heterocycles. The van der Waals surface area contributed by atoms with Crippen LogP contribution in [0.25, 0.3) is 0 Å². The van der Waals surface area contributed by atoms with E-state index in [1.54, 1.807) is 20.1 Å². The number of rotatable bonds is 5. The molecule has 2 rings (SSSR count). The average Bonchev–Trinajstić information content (AvgIpc) is 3.01. The minimum absolute atomic E-state index is 0.274. The Labute approximate surface area is 113 Å². The van der Waals surface area contributed by atoms with Crippen molar-refractivity contribution in [2.45, 2.75) is 44.9 Å². The molecule has 0 radical (unpaired) electrons. The molecule has 1 fully saturated rings. The second-order valence-corrected chi connectivity index (χ2v) is 4.87. The summed E-state index contributed by atoms with van der Waals surface area (Å²) in [5.41, 5.74) is 0.494. The first-order chi connectivity index (χ1) is 9.15. The summed E-state index contributed by atoms with van der Waals surface area (Å²) < 4.78 is 15.7. The van der Waals surface area contributed by atoms with Crippen molar-refractivity contribution in [2.24, 2.45) is 0 Å². The van der Waals surface area contributed by atoms with Crippen LogP contribution in [0.3, 0.4) is 0 Å². The summed E-state index contributed by atoms with van der Waals surface area (Å²) in [6.45, 7) is 2.37. The van der Waals surface area contributed by atoms with Gasteiger partial charge in [0.15, 0.2) is 0 Å². The molecule has 0 amide bonds. The largest absolute Gasteiger partial charge is 0.465 e. The van der Waals surface area contributed by atoms with Crippen LogP contribution in [0.15, 0.2) is 10.5 Å². The molecule has 1 N–H and O–H groups in total. The van der Waals surface area contributed by atoms with Crippen LogP contribution in [0.4, 0.5) is 0 Å². The molecule has 0 bridgehead atoms. The molecule has 1 heterocycles. The highest BCUT2D eigenvalue weighted by molar-refractivity contribution is 5.90. The molecule has 1 saturated carbocycles. The minimum atomic E-state index is -0.358. The molecule has 0 aliphatic heterocycles. The molecule has 0 aromatic carbocycles. The van der Waals surface area contributed by atoms with Gasteiger partial charge < -0.3 is 19.2 Å². The Morgan fingerprint density at radius 1 is 1.47 bits per heavy atom. The summed E-state index contributed by atoms with van der Waals surface area (Å²) >= 11 is 0. The first-order valence-corrected chi connectivity index (χ1v) is 6.59. The fourth-order valence-electron chi connectivity index (χ4n) is 2.62. The number of carbonyl (C=O) groups excluding carboxylic acids is 1. The van der Waals surface area contributed by atoms with Crippen LogP contribution in [-0.2, 0) is 16.0 Å². The number of hydrogen-bond donors (Lipinski definition) is 1. The maximum Gasteiger partial charge on any atom is 0.341 e. The van der Waals surface area contributed by atoms with E-state index < -0.39 is 0 Å². The quantitative estimate of drug-likeness (QED) is 0.827. The van der Waals surface area contributed by atoms with Gasteiger partial charge in [0.2, 0.25) is 0 Å². The van der Waals surface area contributed by atoms with Crippen molar-refractivity contribution in [1.82, 2.24) is 5.32 Å². The normalized spacial score (nSPS) is 22.7. The van der Waals surface area contributed by atoms with Crippen molar-refractivity contribution < 1.29 is 18.7 Å². The van der Waals surface area contributed by atoms with E-state index in [9.17, 15) is 4.79 Å². The molecule has 5 nitrogen and oxygen atoms in total. The van der Waals surface area contributed by atoms with Crippen molar-refractivity contribution in [3.8, 4) is 0 Å². The van der Waals surface area contributed by atoms with Gasteiger partial charge in [0.25, 0.3) is 0 Å². The minimum Gasteiger partial charge on any atom is -0.465 e. The lowest BCUT2D eigenvalue weighted by Gasteiger charge is -2.18. The number of ether oxygens (including phenoxy) is 2. The zero-order valence-corrected chi connectivity index (χ0v) is 11.7. The lowest BCUT2D eigenvalue weighted by atomic mass is 10.2. The van der Waals surface area contributed by atoms with Gasteiger partial charge in [0.05, 0.1) is 19.8 Å². The van der Waals surface area contributed by atoms with Gasteiger partial charge in [0.1, 0.15) is 17.1 Å². The molecule has 106 valence electrons. The summed E-state index contributed by atoms with van der Waals surface area (Å²) in [5.74, 6) is 0.987. The van der Waals surface area contributed by atoms with Gasteiger partial charge in [-0.1, -0.05) is 0 Å². The van der Waals surface area contributed by atoms with Crippen LogP contribution < -0.4 is 5.32 Å². The third kappa shape index (κ3) is 3.16. The smallest absolute Gasteiger partial charge is 0.341 e. The molecule has 2 atom stereocenters. The van der Waals surface area contributed by atoms with E-state index in [4.69, 9.17) is 13.9 Å². The Bertz CT molecular complexity index is 441. The number of nitrogens with one attached hydrogen (secondary N) is 1. The summed E-state index contributed by atoms with van der Waals surface area (Å²) in [4.78, 5) is 11.5. The molecule has 0 spiro atoms. The molecule has 2 unspecified atom stereocenters. The summed E-state index contributed by atoms with van der Waals surface area (Å²) in [5, 5.41) is 3.43. The first-order valence-electron chi connectivity index (χ1n) is 6.59. The fourth-order valence-corrected chi connectivity index (χ4v) is 2.62.